The monoisotopic (exact) mass is 361 g/mol. The predicted octanol–water partition coefficient (Wildman–Crippen LogP) is 3.48. The molecule has 26 heavy (non-hydrogen) atoms. The number of fused-ring (bicyclic) bond motifs is 1. The maximum absolute atomic E-state index is 13.7. The van der Waals surface area contributed by atoms with E-state index in [9.17, 15) is 23.5 Å². The van der Waals surface area contributed by atoms with E-state index in [1.54, 1.807) is 32.9 Å². The normalized spacial score (nSPS) is 19.5. The molecule has 1 N–H and O–H groups in total. The Hall–Kier alpha value is -2.80. The van der Waals surface area contributed by atoms with Crippen LogP contribution in [-0.4, -0.2) is 22.7 Å². The van der Waals surface area contributed by atoms with Gasteiger partial charge in [0.2, 0.25) is 0 Å². The van der Waals surface area contributed by atoms with Gasteiger partial charge in [0.05, 0.1) is 5.69 Å². The Kier molecular flexibility index (Phi) is 4.07. The fourth-order valence-corrected chi connectivity index (χ4v) is 2.85. The van der Waals surface area contributed by atoms with Crippen molar-refractivity contribution >= 4 is 17.7 Å². The highest BCUT2D eigenvalue weighted by molar-refractivity contribution is 6.21. The second-order valence-corrected chi connectivity index (χ2v) is 6.98. The summed E-state index contributed by atoms with van der Waals surface area (Å²) in [4.78, 5) is 26.2. The van der Waals surface area contributed by atoms with Gasteiger partial charge in [-0.3, -0.25) is 4.79 Å². The molecule has 2 aromatic rings. The number of nitrogens with zero attached hydrogens (tertiary/aromatic N) is 1. The Labute approximate surface area is 148 Å². The van der Waals surface area contributed by atoms with Crippen LogP contribution in [0.15, 0.2) is 42.5 Å². The van der Waals surface area contributed by atoms with Crippen molar-refractivity contribution in [2.75, 3.05) is 4.90 Å². The molecule has 136 valence electrons. The number of amides is 2. The number of imide groups is 1. The number of carbonyl (C=O) groups is 2. The van der Waals surface area contributed by atoms with Gasteiger partial charge in [-0.15, -0.1) is 0 Å². The van der Waals surface area contributed by atoms with E-state index in [0.717, 1.165) is 18.2 Å². The minimum absolute atomic E-state index is 0.0851. The zero-order chi connectivity index (χ0) is 19.3. The van der Waals surface area contributed by atoms with Gasteiger partial charge in [0.15, 0.2) is 17.2 Å². The lowest BCUT2D eigenvalue weighted by molar-refractivity contribution is -0.131. The standard InChI is InChI=1S/C19H17F2NO4/c1-18(2,3)26-17(24)22-15-7-5-4-6-12(15)19(25,16(22)23)11-8-9-13(20)14(21)10-11/h4-10,25H,1-3H3. The Balaban J connectivity index is 2.15. The summed E-state index contributed by atoms with van der Waals surface area (Å²) in [5, 5.41) is 11.1. The molecule has 0 saturated heterocycles. The molecule has 1 atom stereocenters. The predicted molar refractivity (Wildman–Crippen MR) is 89.5 cm³/mol. The third-order valence-corrected chi connectivity index (χ3v) is 3.96. The van der Waals surface area contributed by atoms with Gasteiger partial charge in [-0.05, 0) is 39.0 Å². The maximum atomic E-state index is 13.7. The lowest BCUT2D eigenvalue weighted by Gasteiger charge is -2.25. The van der Waals surface area contributed by atoms with Crippen molar-refractivity contribution in [2.24, 2.45) is 0 Å². The van der Waals surface area contributed by atoms with Crippen molar-refractivity contribution in [1.29, 1.82) is 0 Å². The van der Waals surface area contributed by atoms with Gasteiger partial charge in [-0.25, -0.2) is 18.5 Å². The molecule has 7 heteroatoms. The van der Waals surface area contributed by atoms with Crippen molar-refractivity contribution in [3.8, 4) is 0 Å². The van der Waals surface area contributed by atoms with Crippen LogP contribution in [0.2, 0.25) is 0 Å². The minimum Gasteiger partial charge on any atom is -0.443 e. The summed E-state index contributed by atoms with van der Waals surface area (Å²) in [6, 6.07) is 8.72. The van der Waals surface area contributed by atoms with E-state index in [1.807, 2.05) is 0 Å². The van der Waals surface area contributed by atoms with Gasteiger partial charge in [-0.2, -0.15) is 0 Å². The summed E-state index contributed by atoms with van der Waals surface area (Å²) in [7, 11) is 0. The zero-order valence-electron chi connectivity index (χ0n) is 14.4. The van der Waals surface area contributed by atoms with Crippen molar-refractivity contribution in [2.45, 2.75) is 32.0 Å². The Bertz CT molecular complexity index is 907. The first-order valence-electron chi connectivity index (χ1n) is 7.90. The molecular weight excluding hydrogens is 344 g/mol. The van der Waals surface area contributed by atoms with Crippen LogP contribution in [0.1, 0.15) is 31.9 Å². The number of anilines is 1. The molecule has 0 aromatic heterocycles. The Morgan fingerprint density at radius 1 is 1.12 bits per heavy atom. The molecule has 1 aliphatic heterocycles. The van der Waals surface area contributed by atoms with E-state index in [0.29, 0.717) is 4.90 Å². The first-order chi connectivity index (χ1) is 12.1. The molecule has 2 amide bonds. The maximum Gasteiger partial charge on any atom is 0.421 e. The highest BCUT2D eigenvalue weighted by Crippen LogP contribution is 2.45. The molecule has 0 saturated carbocycles. The molecule has 0 aliphatic carbocycles. The Morgan fingerprint density at radius 2 is 1.77 bits per heavy atom. The number of ether oxygens (including phenoxy) is 1. The van der Waals surface area contributed by atoms with Crippen molar-refractivity contribution in [1.82, 2.24) is 0 Å². The van der Waals surface area contributed by atoms with Crippen LogP contribution in [0.3, 0.4) is 0 Å². The van der Waals surface area contributed by atoms with Gasteiger partial charge in [0, 0.05) is 11.1 Å². The highest BCUT2D eigenvalue weighted by Gasteiger charge is 2.54. The quantitative estimate of drug-likeness (QED) is 0.844. The van der Waals surface area contributed by atoms with Gasteiger partial charge in [0.1, 0.15) is 5.60 Å². The third kappa shape index (κ3) is 2.74. The SMILES string of the molecule is CC(C)(C)OC(=O)N1C(=O)C(O)(c2ccc(F)c(F)c2)c2ccccc21. The molecule has 1 unspecified atom stereocenters. The van der Waals surface area contributed by atoms with Crippen LogP contribution < -0.4 is 4.90 Å². The van der Waals surface area contributed by atoms with Crippen LogP contribution in [0.5, 0.6) is 0 Å². The van der Waals surface area contributed by atoms with Crippen LogP contribution in [0, 0.1) is 11.6 Å². The van der Waals surface area contributed by atoms with E-state index in [1.165, 1.54) is 12.1 Å². The first kappa shape index (κ1) is 18.0. The molecular formula is C19H17F2NO4. The number of hydrogen-bond donors (Lipinski definition) is 1. The fourth-order valence-electron chi connectivity index (χ4n) is 2.85. The van der Waals surface area contributed by atoms with E-state index >= 15 is 0 Å². The number of para-hydroxylation sites is 1. The number of rotatable bonds is 1. The second kappa shape index (κ2) is 5.88. The van der Waals surface area contributed by atoms with Crippen LogP contribution in [0.4, 0.5) is 19.3 Å². The fraction of sp³-hybridized carbons (Fsp3) is 0.263. The lowest BCUT2D eigenvalue weighted by atomic mass is 9.87. The van der Waals surface area contributed by atoms with Crippen LogP contribution in [0.25, 0.3) is 0 Å². The smallest absolute Gasteiger partial charge is 0.421 e. The summed E-state index contributed by atoms with van der Waals surface area (Å²) < 4.78 is 32.2. The van der Waals surface area contributed by atoms with Crippen molar-refractivity contribution in [3.05, 3.63) is 65.2 Å². The van der Waals surface area contributed by atoms with Gasteiger partial charge < -0.3 is 9.84 Å². The van der Waals surface area contributed by atoms with Crippen molar-refractivity contribution in [3.63, 3.8) is 0 Å². The van der Waals surface area contributed by atoms with Crippen molar-refractivity contribution < 1.29 is 28.2 Å². The molecule has 1 aliphatic rings. The van der Waals surface area contributed by atoms with E-state index < -0.39 is 34.8 Å². The van der Waals surface area contributed by atoms with Crippen LogP contribution in [-0.2, 0) is 15.1 Å². The van der Waals surface area contributed by atoms with E-state index in [4.69, 9.17) is 4.74 Å². The molecule has 3 rings (SSSR count). The molecule has 0 bridgehead atoms. The summed E-state index contributed by atoms with van der Waals surface area (Å²) >= 11 is 0. The average molecular weight is 361 g/mol. The molecule has 0 spiro atoms. The van der Waals surface area contributed by atoms with Gasteiger partial charge in [-0.1, -0.05) is 24.3 Å². The topological polar surface area (TPSA) is 66.8 Å². The zero-order valence-corrected chi connectivity index (χ0v) is 14.4. The van der Waals surface area contributed by atoms with Gasteiger partial charge >= 0.3 is 6.09 Å². The minimum atomic E-state index is -2.33. The molecule has 1 heterocycles. The molecule has 0 radical (unpaired) electrons. The summed E-state index contributed by atoms with van der Waals surface area (Å²) in [5.41, 5.74) is -3.17. The largest absolute Gasteiger partial charge is 0.443 e. The molecule has 0 fully saturated rings. The highest BCUT2D eigenvalue weighted by atomic mass is 19.2. The number of halogens is 2. The number of carbonyl (C=O) groups excluding carboxylic acids is 2. The average Bonchev–Trinajstić information content (AvgIpc) is 2.78. The van der Waals surface area contributed by atoms with E-state index in [-0.39, 0.29) is 16.8 Å². The van der Waals surface area contributed by atoms with E-state index in [2.05, 4.69) is 0 Å². The number of benzene rings is 2. The summed E-state index contributed by atoms with van der Waals surface area (Å²) in [5.74, 6) is -3.34. The number of aliphatic hydroxyl groups is 1. The molecule has 2 aromatic carbocycles. The second-order valence-electron chi connectivity index (χ2n) is 6.98. The summed E-state index contributed by atoms with van der Waals surface area (Å²) in [6.07, 6.45) is -0.964. The third-order valence-electron chi connectivity index (χ3n) is 3.96. The summed E-state index contributed by atoms with van der Waals surface area (Å²) in [6.45, 7) is 4.91. The first-order valence-corrected chi connectivity index (χ1v) is 7.90. The Morgan fingerprint density at radius 3 is 2.38 bits per heavy atom. The number of hydrogen-bond acceptors (Lipinski definition) is 4. The van der Waals surface area contributed by atoms with Gasteiger partial charge in [0.25, 0.3) is 5.91 Å². The molecule has 5 nitrogen and oxygen atoms in total. The van der Waals surface area contributed by atoms with Crippen LogP contribution >= 0.6 is 0 Å². The lowest BCUT2D eigenvalue weighted by Crippen LogP contribution is -2.45.